The molecule has 2 aliphatic rings. The molecule has 12 heteroatoms. The molecule has 2 aliphatic carbocycles. The summed E-state index contributed by atoms with van der Waals surface area (Å²) in [5.74, 6) is -2.52. The molecule has 0 spiro atoms. The van der Waals surface area contributed by atoms with E-state index in [4.69, 9.17) is 23.2 Å². The molecule has 1 heterocycles. The van der Waals surface area contributed by atoms with Crippen LogP contribution in [0.2, 0.25) is 10.0 Å². The van der Waals surface area contributed by atoms with Gasteiger partial charge in [-0.1, -0.05) is 43.1 Å². The molecule has 0 bridgehead atoms. The fourth-order valence-corrected chi connectivity index (χ4v) is 6.34. The van der Waals surface area contributed by atoms with Gasteiger partial charge in [-0.25, -0.2) is 0 Å². The Balaban J connectivity index is 1.68. The van der Waals surface area contributed by atoms with Crippen LogP contribution in [0.15, 0.2) is 24.4 Å². The lowest BCUT2D eigenvalue weighted by Gasteiger charge is -2.48. The molecule has 0 radical (unpaired) electrons. The molecular weight excluding hydrogens is 558 g/mol. The van der Waals surface area contributed by atoms with E-state index in [-0.39, 0.29) is 46.7 Å². The van der Waals surface area contributed by atoms with Gasteiger partial charge in [0.25, 0.3) is 5.91 Å². The van der Waals surface area contributed by atoms with Gasteiger partial charge < -0.3 is 10.0 Å². The number of aliphatic carboxylic acids is 1. The van der Waals surface area contributed by atoms with Gasteiger partial charge in [0.15, 0.2) is 11.5 Å². The molecule has 1 aromatic heterocycles. The maximum absolute atomic E-state index is 14.4. The van der Waals surface area contributed by atoms with Crippen molar-refractivity contribution in [1.29, 1.82) is 0 Å². The van der Waals surface area contributed by atoms with Crippen molar-refractivity contribution in [3.05, 3.63) is 51.3 Å². The zero-order valence-corrected chi connectivity index (χ0v) is 23.3. The molecule has 0 unspecified atom stereocenters. The summed E-state index contributed by atoms with van der Waals surface area (Å²) >= 11 is 12.4. The van der Waals surface area contributed by atoms with Crippen molar-refractivity contribution < 1.29 is 32.7 Å². The number of amides is 1. The fraction of sp³-hybridized carbons (Fsp3) is 0.556. The largest absolute Gasteiger partial charge is 0.481 e. The van der Waals surface area contributed by atoms with Crippen LogP contribution in [0, 0.1) is 10.8 Å². The molecule has 0 aliphatic heterocycles. The second-order valence-electron chi connectivity index (χ2n) is 11.6. The van der Waals surface area contributed by atoms with Crippen LogP contribution in [0.5, 0.6) is 0 Å². The first-order valence-corrected chi connectivity index (χ1v) is 13.5. The third-order valence-electron chi connectivity index (χ3n) is 8.05. The SMILES string of the molecule is CC1(C)CC(N(CC(=O)c2c(Cl)cccc2Cl)C(=O)c2cnn([C@H]3CC[C@](C)(C(=O)O)CC3)c2C(F)(F)F)C1. The van der Waals surface area contributed by atoms with Gasteiger partial charge in [0.05, 0.1) is 45.4 Å². The molecule has 1 N–H and O–H groups in total. The Morgan fingerprint density at radius 1 is 1.10 bits per heavy atom. The molecule has 4 rings (SSSR count). The highest BCUT2D eigenvalue weighted by Crippen LogP contribution is 2.46. The van der Waals surface area contributed by atoms with Crippen LogP contribution in [-0.4, -0.2) is 50.0 Å². The number of carboxylic acid groups (broad SMARTS) is 1. The molecule has 0 saturated heterocycles. The van der Waals surface area contributed by atoms with Crippen LogP contribution in [-0.2, 0) is 11.0 Å². The van der Waals surface area contributed by atoms with Gasteiger partial charge in [0.2, 0.25) is 0 Å². The molecule has 212 valence electrons. The smallest absolute Gasteiger partial charge is 0.433 e. The maximum atomic E-state index is 14.4. The monoisotopic (exact) mass is 587 g/mol. The van der Waals surface area contributed by atoms with Crippen molar-refractivity contribution in [3.8, 4) is 0 Å². The first-order chi connectivity index (χ1) is 18.0. The highest BCUT2D eigenvalue weighted by Gasteiger charge is 2.47. The number of hydrogen-bond acceptors (Lipinski definition) is 4. The lowest BCUT2D eigenvalue weighted by atomic mass is 9.67. The highest BCUT2D eigenvalue weighted by atomic mass is 35.5. The van der Waals surface area contributed by atoms with Gasteiger partial charge in [-0.3, -0.25) is 19.1 Å². The summed E-state index contributed by atoms with van der Waals surface area (Å²) in [6.07, 6.45) is -2.28. The molecular formula is C27H30Cl2F3N3O4. The minimum atomic E-state index is -4.91. The maximum Gasteiger partial charge on any atom is 0.433 e. The minimum Gasteiger partial charge on any atom is -0.481 e. The van der Waals surface area contributed by atoms with Crippen LogP contribution < -0.4 is 0 Å². The number of benzene rings is 1. The Bertz CT molecular complexity index is 1270. The Kier molecular flexibility index (Phi) is 7.86. The number of nitrogens with zero attached hydrogens (tertiary/aromatic N) is 3. The summed E-state index contributed by atoms with van der Waals surface area (Å²) in [5, 5.41) is 13.6. The van der Waals surface area contributed by atoms with Gasteiger partial charge in [-0.05, 0) is 63.0 Å². The van der Waals surface area contributed by atoms with Gasteiger partial charge in [0, 0.05) is 6.04 Å². The van der Waals surface area contributed by atoms with Gasteiger partial charge in [-0.15, -0.1) is 0 Å². The van der Waals surface area contributed by atoms with Crippen LogP contribution in [0.3, 0.4) is 0 Å². The summed E-state index contributed by atoms with van der Waals surface area (Å²) in [4.78, 5) is 39.8. The summed E-state index contributed by atoms with van der Waals surface area (Å²) in [5.41, 5.74) is -2.98. The average molecular weight is 588 g/mol. The number of halogens is 5. The number of rotatable bonds is 7. The highest BCUT2D eigenvalue weighted by molar-refractivity contribution is 6.40. The van der Waals surface area contributed by atoms with E-state index in [0.29, 0.717) is 12.8 Å². The third-order valence-corrected chi connectivity index (χ3v) is 8.68. The Morgan fingerprint density at radius 3 is 2.15 bits per heavy atom. The lowest BCUT2D eigenvalue weighted by Crippen LogP contribution is -2.53. The van der Waals surface area contributed by atoms with Crippen LogP contribution in [0.25, 0.3) is 0 Å². The van der Waals surface area contributed by atoms with Crippen molar-refractivity contribution in [2.75, 3.05) is 6.54 Å². The predicted octanol–water partition coefficient (Wildman–Crippen LogP) is 6.93. The second kappa shape index (κ2) is 10.4. The topological polar surface area (TPSA) is 92.5 Å². The molecule has 2 aromatic rings. The number of Topliss-reactive ketones (excluding diaryl/α,β-unsaturated/α-hetero) is 1. The van der Waals surface area contributed by atoms with Gasteiger partial charge in [-0.2, -0.15) is 18.3 Å². The van der Waals surface area contributed by atoms with Crippen LogP contribution in [0.4, 0.5) is 13.2 Å². The van der Waals surface area contributed by atoms with Gasteiger partial charge in [0.1, 0.15) is 0 Å². The number of carbonyl (C=O) groups is 3. The van der Waals surface area contributed by atoms with Crippen molar-refractivity contribution in [1.82, 2.24) is 14.7 Å². The first kappa shape index (κ1) is 29.4. The quantitative estimate of drug-likeness (QED) is 0.354. The Labute approximate surface area is 234 Å². The summed E-state index contributed by atoms with van der Waals surface area (Å²) in [6.45, 7) is 5.04. The summed E-state index contributed by atoms with van der Waals surface area (Å²) in [6, 6.07) is 3.35. The first-order valence-electron chi connectivity index (χ1n) is 12.7. The zero-order valence-electron chi connectivity index (χ0n) is 21.8. The summed E-state index contributed by atoms with van der Waals surface area (Å²) in [7, 11) is 0. The molecule has 2 saturated carbocycles. The zero-order chi connectivity index (χ0) is 28.9. The van der Waals surface area contributed by atoms with E-state index in [1.54, 1.807) is 13.0 Å². The Hall–Kier alpha value is -2.59. The minimum absolute atomic E-state index is 0.00708. The predicted molar refractivity (Wildman–Crippen MR) is 139 cm³/mol. The molecule has 7 nitrogen and oxygen atoms in total. The van der Waals surface area contributed by atoms with Gasteiger partial charge >= 0.3 is 12.1 Å². The lowest BCUT2D eigenvalue weighted by molar-refractivity contribution is -0.152. The van der Waals surface area contributed by atoms with E-state index in [0.717, 1.165) is 10.9 Å². The normalized spacial score (nSPS) is 23.2. The molecule has 39 heavy (non-hydrogen) atoms. The fourth-order valence-electron chi connectivity index (χ4n) is 5.73. The molecule has 2 fully saturated rings. The van der Waals surface area contributed by atoms with E-state index in [1.807, 2.05) is 13.8 Å². The van der Waals surface area contributed by atoms with Crippen LogP contribution >= 0.6 is 23.2 Å². The molecule has 0 atom stereocenters. The Morgan fingerprint density at radius 2 is 1.67 bits per heavy atom. The number of carbonyl (C=O) groups excluding carboxylic acids is 2. The number of ketones is 1. The number of carboxylic acids is 1. The van der Waals surface area contributed by atoms with Crippen molar-refractivity contribution in [2.24, 2.45) is 10.8 Å². The number of hydrogen-bond donors (Lipinski definition) is 1. The van der Waals surface area contributed by atoms with E-state index in [9.17, 15) is 32.7 Å². The number of alkyl halides is 3. The molecule has 1 amide bonds. The average Bonchev–Trinajstić information content (AvgIpc) is 3.27. The van der Waals surface area contributed by atoms with Crippen LogP contribution in [0.1, 0.15) is 91.7 Å². The van der Waals surface area contributed by atoms with E-state index in [1.165, 1.54) is 17.0 Å². The van der Waals surface area contributed by atoms with E-state index < -0.39 is 59.1 Å². The molecule has 1 aromatic carbocycles. The van der Waals surface area contributed by atoms with Crippen molar-refractivity contribution in [2.45, 2.75) is 77.6 Å². The van der Waals surface area contributed by atoms with Crippen molar-refractivity contribution in [3.63, 3.8) is 0 Å². The van der Waals surface area contributed by atoms with Crippen molar-refractivity contribution >= 4 is 40.9 Å². The number of aromatic nitrogens is 2. The third kappa shape index (κ3) is 5.82. The van der Waals surface area contributed by atoms with E-state index in [2.05, 4.69) is 5.10 Å². The second-order valence-corrected chi connectivity index (χ2v) is 12.4. The van der Waals surface area contributed by atoms with E-state index >= 15 is 0 Å². The summed E-state index contributed by atoms with van der Waals surface area (Å²) < 4.78 is 44.1. The standard InChI is InChI=1S/C27H30Cl2F3N3O4/c1-25(2)11-16(12-25)34(14-20(36)21-18(28)5-4-6-19(21)29)23(37)17-13-33-35(22(17)27(30,31)32)15-7-9-26(3,10-8-15)24(38)39/h4-6,13,15-16H,7-12,14H2,1-3H3,(H,38,39)/t15-,26-.